The summed E-state index contributed by atoms with van der Waals surface area (Å²) in [6, 6.07) is 14.3. The summed E-state index contributed by atoms with van der Waals surface area (Å²) >= 11 is 5.95. The normalized spacial score (nSPS) is 11.8. The molecule has 0 saturated heterocycles. The number of halogens is 1. The van der Waals surface area contributed by atoms with E-state index >= 15 is 0 Å². The summed E-state index contributed by atoms with van der Waals surface area (Å²) < 4.78 is 5.07. The molecule has 0 fully saturated rings. The molecule has 2 rings (SSSR count). The lowest BCUT2D eigenvalue weighted by atomic mass is 10.1. The molecule has 0 aliphatic heterocycles. The van der Waals surface area contributed by atoms with Gasteiger partial charge in [-0.15, -0.1) is 0 Å². The zero-order chi connectivity index (χ0) is 14.5. The Bertz CT molecular complexity index is 596. The highest BCUT2D eigenvalue weighted by molar-refractivity contribution is 6.30. The van der Waals surface area contributed by atoms with Crippen LogP contribution in [0.15, 0.2) is 48.5 Å². The van der Waals surface area contributed by atoms with Gasteiger partial charge in [-0.25, -0.2) is 0 Å². The summed E-state index contributed by atoms with van der Waals surface area (Å²) in [7, 11) is 1.59. The van der Waals surface area contributed by atoms with Crippen molar-refractivity contribution in [3.63, 3.8) is 0 Å². The first-order valence-electron chi connectivity index (χ1n) is 6.30. The van der Waals surface area contributed by atoms with E-state index in [2.05, 4.69) is 5.32 Å². The molecule has 1 amide bonds. The van der Waals surface area contributed by atoms with Crippen LogP contribution in [0.4, 0.5) is 0 Å². The second kappa shape index (κ2) is 6.44. The summed E-state index contributed by atoms with van der Waals surface area (Å²) in [4.78, 5) is 12.1. The predicted octanol–water partition coefficient (Wildman–Crippen LogP) is 3.84. The number of ether oxygens (including phenoxy) is 1. The van der Waals surface area contributed by atoms with Crippen molar-refractivity contribution in [2.75, 3.05) is 7.11 Å². The van der Waals surface area contributed by atoms with Crippen LogP contribution in [-0.2, 0) is 0 Å². The van der Waals surface area contributed by atoms with Crippen molar-refractivity contribution in [3.8, 4) is 5.75 Å². The first-order chi connectivity index (χ1) is 9.60. The van der Waals surface area contributed by atoms with Gasteiger partial charge in [0.15, 0.2) is 0 Å². The van der Waals surface area contributed by atoms with E-state index in [1.165, 1.54) is 0 Å². The fraction of sp³-hybridized carbons (Fsp3) is 0.188. The third-order valence-corrected chi connectivity index (χ3v) is 3.28. The molecular weight excluding hydrogens is 274 g/mol. The van der Waals surface area contributed by atoms with Crippen LogP contribution in [0.1, 0.15) is 28.9 Å². The number of hydrogen-bond donors (Lipinski definition) is 1. The van der Waals surface area contributed by atoms with Gasteiger partial charge in [0.25, 0.3) is 5.91 Å². The minimum Gasteiger partial charge on any atom is -0.497 e. The van der Waals surface area contributed by atoms with Crippen molar-refractivity contribution >= 4 is 17.5 Å². The Morgan fingerprint density at radius 3 is 2.50 bits per heavy atom. The van der Waals surface area contributed by atoms with Crippen molar-refractivity contribution in [2.24, 2.45) is 0 Å². The summed E-state index contributed by atoms with van der Waals surface area (Å²) in [5.41, 5.74) is 1.57. The minimum atomic E-state index is -0.125. The molecule has 0 aliphatic rings. The highest BCUT2D eigenvalue weighted by atomic mass is 35.5. The molecule has 1 N–H and O–H groups in total. The molecule has 1 atom stereocenters. The van der Waals surface area contributed by atoms with Crippen LogP contribution in [-0.4, -0.2) is 13.0 Å². The molecule has 4 heteroatoms. The number of carbonyl (C=O) groups is 1. The molecule has 0 bridgehead atoms. The molecule has 0 spiro atoms. The Balaban J connectivity index is 2.06. The average molecular weight is 290 g/mol. The van der Waals surface area contributed by atoms with Crippen LogP contribution >= 0.6 is 11.6 Å². The Hall–Kier alpha value is -2.00. The van der Waals surface area contributed by atoms with Crippen LogP contribution in [0, 0.1) is 0 Å². The second-order valence-electron chi connectivity index (χ2n) is 4.48. The second-order valence-corrected chi connectivity index (χ2v) is 4.92. The summed E-state index contributed by atoms with van der Waals surface area (Å²) in [5.74, 6) is 0.601. The maximum Gasteiger partial charge on any atom is 0.251 e. The van der Waals surface area contributed by atoms with Gasteiger partial charge in [0.05, 0.1) is 13.2 Å². The van der Waals surface area contributed by atoms with Crippen molar-refractivity contribution in [1.29, 1.82) is 0 Å². The van der Waals surface area contributed by atoms with E-state index in [9.17, 15) is 4.79 Å². The molecule has 20 heavy (non-hydrogen) atoms. The molecule has 2 aromatic carbocycles. The van der Waals surface area contributed by atoms with E-state index in [1.54, 1.807) is 31.4 Å². The maximum absolute atomic E-state index is 12.1. The van der Waals surface area contributed by atoms with Gasteiger partial charge in [-0.2, -0.15) is 0 Å². The fourth-order valence-corrected chi connectivity index (χ4v) is 2.08. The molecule has 0 unspecified atom stereocenters. The summed E-state index contributed by atoms with van der Waals surface area (Å²) in [5, 5.41) is 3.60. The van der Waals surface area contributed by atoms with Gasteiger partial charge in [0, 0.05) is 10.6 Å². The largest absolute Gasteiger partial charge is 0.497 e. The number of nitrogens with one attached hydrogen (secondary N) is 1. The van der Waals surface area contributed by atoms with Crippen LogP contribution in [0.3, 0.4) is 0 Å². The zero-order valence-electron chi connectivity index (χ0n) is 11.4. The molecule has 0 aliphatic carbocycles. The number of amides is 1. The van der Waals surface area contributed by atoms with Gasteiger partial charge in [-0.05, 0) is 48.9 Å². The van der Waals surface area contributed by atoms with Gasteiger partial charge < -0.3 is 10.1 Å². The first kappa shape index (κ1) is 14.4. The lowest BCUT2D eigenvalue weighted by molar-refractivity contribution is 0.0940. The lowest BCUT2D eigenvalue weighted by Gasteiger charge is -2.14. The van der Waals surface area contributed by atoms with Crippen LogP contribution in [0.25, 0.3) is 0 Å². The maximum atomic E-state index is 12.1. The highest BCUT2D eigenvalue weighted by Crippen LogP contribution is 2.18. The van der Waals surface area contributed by atoms with Gasteiger partial charge >= 0.3 is 0 Å². The van der Waals surface area contributed by atoms with Gasteiger partial charge in [0.1, 0.15) is 5.75 Å². The first-order valence-corrected chi connectivity index (χ1v) is 6.68. The predicted molar refractivity (Wildman–Crippen MR) is 80.3 cm³/mol. The minimum absolute atomic E-state index is 0.108. The molecular formula is C16H16ClNO2. The zero-order valence-corrected chi connectivity index (χ0v) is 12.1. The lowest BCUT2D eigenvalue weighted by Crippen LogP contribution is -2.26. The standard InChI is InChI=1S/C16H16ClNO2/c1-11(13-4-3-5-14(17)10-13)18-16(19)12-6-8-15(20-2)9-7-12/h3-11H,1-2H3,(H,18,19)/t11-/m0/s1. The summed E-state index contributed by atoms with van der Waals surface area (Å²) in [6.07, 6.45) is 0. The highest BCUT2D eigenvalue weighted by Gasteiger charge is 2.11. The van der Waals surface area contributed by atoms with E-state index < -0.39 is 0 Å². The van der Waals surface area contributed by atoms with Crippen molar-refractivity contribution in [3.05, 3.63) is 64.7 Å². The molecule has 2 aromatic rings. The van der Waals surface area contributed by atoms with Gasteiger partial charge in [-0.1, -0.05) is 23.7 Å². The molecule has 104 valence electrons. The third-order valence-electron chi connectivity index (χ3n) is 3.05. The van der Waals surface area contributed by atoms with Crippen molar-refractivity contribution in [2.45, 2.75) is 13.0 Å². The van der Waals surface area contributed by atoms with E-state index in [1.807, 2.05) is 31.2 Å². The van der Waals surface area contributed by atoms with Crippen LogP contribution in [0.2, 0.25) is 5.02 Å². The molecule has 0 aromatic heterocycles. The quantitative estimate of drug-likeness (QED) is 0.929. The SMILES string of the molecule is COc1ccc(C(=O)N[C@@H](C)c2cccc(Cl)c2)cc1. The molecule has 0 heterocycles. The topological polar surface area (TPSA) is 38.3 Å². The fourth-order valence-electron chi connectivity index (χ4n) is 1.88. The van der Waals surface area contributed by atoms with Gasteiger partial charge in [-0.3, -0.25) is 4.79 Å². The molecule has 0 radical (unpaired) electrons. The smallest absolute Gasteiger partial charge is 0.251 e. The van der Waals surface area contributed by atoms with Crippen molar-refractivity contribution in [1.82, 2.24) is 5.32 Å². The van der Waals surface area contributed by atoms with Crippen molar-refractivity contribution < 1.29 is 9.53 Å². The third kappa shape index (κ3) is 3.52. The average Bonchev–Trinajstić information content (AvgIpc) is 2.47. The number of carbonyl (C=O) groups excluding carboxylic acids is 1. The Morgan fingerprint density at radius 1 is 1.20 bits per heavy atom. The van der Waals surface area contributed by atoms with E-state index in [0.29, 0.717) is 10.6 Å². The van der Waals surface area contributed by atoms with E-state index in [0.717, 1.165) is 11.3 Å². The number of methoxy groups -OCH3 is 1. The Kier molecular flexibility index (Phi) is 4.64. The van der Waals surface area contributed by atoms with E-state index in [4.69, 9.17) is 16.3 Å². The van der Waals surface area contributed by atoms with E-state index in [-0.39, 0.29) is 11.9 Å². The number of rotatable bonds is 4. The Labute approximate surface area is 123 Å². The number of benzene rings is 2. The van der Waals surface area contributed by atoms with Gasteiger partial charge in [0.2, 0.25) is 0 Å². The van der Waals surface area contributed by atoms with Crippen LogP contribution in [0.5, 0.6) is 5.75 Å². The summed E-state index contributed by atoms with van der Waals surface area (Å²) in [6.45, 7) is 1.92. The monoisotopic (exact) mass is 289 g/mol. The Morgan fingerprint density at radius 2 is 1.90 bits per heavy atom. The van der Waals surface area contributed by atoms with Crippen LogP contribution < -0.4 is 10.1 Å². The molecule has 3 nitrogen and oxygen atoms in total. The number of hydrogen-bond acceptors (Lipinski definition) is 2. The molecule has 0 saturated carbocycles.